The molecule has 2 saturated carbocycles. The van der Waals surface area contributed by atoms with Crippen LogP contribution < -0.4 is 11.1 Å². The van der Waals surface area contributed by atoms with Gasteiger partial charge in [-0.15, -0.1) is 0 Å². The van der Waals surface area contributed by atoms with Crippen LogP contribution in [0.1, 0.15) is 48.0 Å². The fourth-order valence-corrected chi connectivity index (χ4v) is 4.14. The molecule has 0 spiro atoms. The molecular weight excluding hydrogens is 324 g/mol. The van der Waals surface area contributed by atoms with E-state index in [1.165, 1.54) is 0 Å². The molecule has 2 aliphatic rings. The Balaban J connectivity index is 1.79. The lowest BCUT2D eigenvalue weighted by Gasteiger charge is -2.45. The SMILES string of the molecule is NC1CC2CCCC(C1)C2NC(=O)c1cc(F)cc(C(F)(F)F)c1. The first-order chi connectivity index (χ1) is 11.2. The van der Waals surface area contributed by atoms with Gasteiger partial charge in [0, 0.05) is 17.6 Å². The molecule has 3 N–H and O–H groups in total. The summed E-state index contributed by atoms with van der Waals surface area (Å²) in [5.74, 6) is -1.24. The van der Waals surface area contributed by atoms with E-state index in [0.29, 0.717) is 12.1 Å². The molecule has 2 aliphatic carbocycles. The number of amides is 1. The van der Waals surface area contributed by atoms with E-state index in [-0.39, 0.29) is 29.5 Å². The van der Waals surface area contributed by atoms with Gasteiger partial charge in [-0.2, -0.15) is 13.2 Å². The standard InChI is InChI=1S/C17H20F4N2O/c18-13-5-11(4-12(8-13)17(19,20)21)16(24)23-15-9-2-1-3-10(15)7-14(22)6-9/h4-5,8-10,14-15H,1-3,6-7,22H2,(H,23,24). The highest BCUT2D eigenvalue weighted by atomic mass is 19.4. The molecule has 24 heavy (non-hydrogen) atoms. The van der Waals surface area contributed by atoms with Crippen LogP contribution in [0.4, 0.5) is 17.6 Å². The van der Waals surface area contributed by atoms with Crippen molar-refractivity contribution < 1.29 is 22.4 Å². The van der Waals surface area contributed by atoms with Crippen LogP contribution in [0, 0.1) is 17.7 Å². The Morgan fingerprint density at radius 3 is 2.33 bits per heavy atom. The second kappa shape index (κ2) is 6.35. The Hall–Kier alpha value is -1.63. The van der Waals surface area contributed by atoms with Crippen molar-refractivity contribution in [2.75, 3.05) is 0 Å². The molecule has 3 rings (SSSR count). The van der Waals surface area contributed by atoms with Gasteiger partial charge in [0.25, 0.3) is 5.91 Å². The predicted molar refractivity (Wildman–Crippen MR) is 80.7 cm³/mol. The second-order valence-electron chi connectivity index (χ2n) is 6.91. The molecule has 0 aromatic heterocycles. The number of carbonyl (C=O) groups excluding carboxylic acids is 1. The largest absolute Gasteiger partial charge is 0.416 e. The average Bonchev–Trinajstić information content (AvgIpc) is 2.46. The number of carbonyl (C=O) groups is 1. The number of hydrogen-bond acceptors (Lipinski definition) is 2. The summed E-state index contributed by atoms with van der Waals surface area (Å²) in [7, 11) is 0. The van der Waals surface area contributed by atoms with Crippen LogP contribution in [0.3, 0.4) is 0 Å². The number of hydrogen-bond donors (Lipinski definition) is 2. The summed E-state index contributed by atoms with van der Waals surface area (Å²) in [5, 5.41) is 2.84. The highest BCUT2D eigenvalue weighted by molar-refractivity contribution is 5.94. The van der Waals surface area contributed by atoms with Crippen molar-refractivity contribution in [3.63, 3.8) is 0 Å². The van der Waals surface area contributed by atoms with Gasteiger partial charge in [0.05, 0.1) is 5.56 Å². The molecule has 3 nitrogen and oxygen atoms in total. The molecule has 1 aromatic carbocycles. The highest BCUT2D eigenvalue weighted by Gasteiger charge is 2.40. The molecule has 0 heterocycles. The number of nitrogens with two attached hydrogens (primary N) is 1. The molecule has 1 aromatic rings. The van der Waals surface area contributed by atoms with Crippen LogP contribution in [0.2, 0.25) is 0 Å². The van der Waals surface area contributed by atoms with Gasteiger partial charge in [0.15, 0.2) is 0 Å². The first kappa shape index (κ1) is 17.2. The van der Waals surface area contributed by atoms with Gasteiger partial charge >= 0.3 is 6.18 Å². The van der Waals surface area contributed by atoms with E-state index in [1.807, 2.05) is 0 Å². The van der Waals surface area contributed by atoms with Gasteiger partial charge < -0.3 is 11.1 Å². The summed E-state index contributed by atoms with van der Waals surface area (Å²) >= 11 is 0. The quantitative estimate of drug-likeness (QED) is 0.807. The first-order valence-corrected chi connectivity index (χ1v) is 8.18. The maximum atomic E-state index is 13.5. The van der Waals surface area contributed by atoms with Crippen molar-refractivity contribution >= 4 is 5.91 Å². The summed E-state index contributed by atoms with van der Waals surface area (Å²) in [6.45, 7) is 0. The Kier molecular flexibility index (Phi) is 4.55. The number of halogens is 4. The number of nitrogens with one attached hydrogen (secondary N) is 1. The summed E-state index contributed by atoms with van der Waals surface area (Å²) < 4.78 is 51.8. The third-order valence-corrected chi connectivity index (χ3v) is 5.16. The van der Waals surface area contributed by atoms with Crippen LogP contribution in [-0.2, 0) is 6.18 Å². The Labute approximate surface area is 137 Å². The minimum Gasteiger partial charge on any atom is -0.349 e. The second-order valence-corrected chi connectivity index (χ2v) is 6.91. The zero-order chi connectivity index (χ0) is 17.5. The van der Waals surface area contributed by atoms with Crippen LogP contribution in [0.15, 0.2) is 18.2 Å². The zero-order valence-corrected chi connectivity index (χ0v) is 13.1. The minimum atomic E-state index is -4.69. The summed E-state index contributed by atoms with van der Waals surface area (Å²) in [6.07, 6.45) is -0.104. The molecule has 0 radical (unpaired) electrons. The number of alkyl halides is 3. The van der Waals surface area contributed by atoms with Gasteiger partial charge in [0.1, 0.15) is 5.82 Å². The van der Waals surface area contributed by atoms with E-state index in [2.05, 4.69) is 5.32 Å². The Morgan fingerprint density at radius 1 is 1.12 bits per heavy atom. The van der Waals surface area contributed by atoms with E-state index in [0.717, 1.165) is 38.2 Å². The number of benzene rings is 1. The molecule has 1 amide bonds. The highest BCUT2D eigenvalue weighted by Crippen LogP contribution is 2.40. The van der Waals surface area contributed by atoms with Crippen molar-refractivity contribution in [3.05, 3.63) is 35.1 Å². The molecule has 2 unspecified atom stereocenters. The van der Waals surface area contributed by atoms with Crippen molar-refractivity contribution in [2.45, 2.75) is 50.4 Å². The van der Waals surface area contributed by atoms with E-state index in [9.17, 15) is 22.4 Å². The van der Waals surface area contributed by atoms with Gasteiger partial charge in [0.2, 0.25) is 0 Å². The topological polar surface area (TPSA) is 55.1 Å². The van der Waals surface area contributed by atoms with Crippen molar-refractivity contribution in [3.8, 4) is 0 Å². The smallest absolute Gasteiger partial charge is 0.349 e. The summed E-state index contributed by atoms with van der Waals surface area (Å²) in [4.78, 5) is 12.4. The minimum absolute atomic E-state index is 0.0938. The Bertz CT molecular complexity index is 618. The van der Waals surface area contributed by atoms with Crippen LogP contribution in [0.25, 0.3) is 0 Å². The normalized spacial score (nSPS) is 30.0. The predicted octanol–water partition coefficient (Wildman–Crippen LogP) is 3.48. The van der Waals surface area contributed by atoms with Crippen LogP contribution in [-0.4, -0.2) is 18.0 Å². The zero-order valence-electron chi connectivity index (χ0n) is 13.1. The van der Waals surface area contributed by atoms with Gasteiger partial charge in [-0.25, -0.2) is 4.39 Å². The fourth-order valence-electron chi connectivity index (χ4n) is 4.14. The van der Waals surface area contributed by atoms with Crippen molar-refractivity contribution in [1.82, 2.24) is 5.32 Å². The van der Waals surface area contributed by atoms with E-state index >= 15 is 0 Å². The first-order valence-electron chi connectivity index (χ1n) is 8.18. The van der Waals surface area contributed by atoms with Crippen molar-refractivity contribution in [2.24, 2.45) is 17.6 Å². The molecule has 0 saturated heterocycles. The molecule has 0 aliphatic heterocycles. The Morgan fingerprint density at radius 2 is 1.75 bits per heavy atom. The molecule has 2 fully saturated rings. The third-order valence-electron chi connectivity index (χ3n) is 5.16. The lowest BCUT2D eigenvalue weighted by molar-refractivity contribution is -0.137. The molecule has 7 heteroatoms. The summed E-state index contributed by atoms with van der Waals surface area (Å²) in [6, 6.07) is 1.95. The van der Waals surface area contributed by atoms with E-state index in [4.69, 9.17) is 5.73 Å². The third kappa shape index (κ3) is 3.55. The van der Waals surface area contributed by atoms with Gasteiger partial charge in [-0.3, -0.25) is 4.79 Å². The average molecular weight is 344 g/mol. The molecule has 2 atom stereocenters. The van der Waals surface area contributed by atoms with Gasteiger partial charge in [-0.1, -0.05) is 6.42 Å². The summed E-state index contributed by atoms with van der Waals surface area (Å²) in [5.41, 5.74) is 4.58. The molecular formula is C17H20F4N2O. The van der Waals surface area contributed by atoms with E-state index in [1.54, 1.807) is 0 Å². The van der Waals surface area contributed by atoms with E-state index < -0.39 is 23.5 Å². The maximum Gasteiger partial charge on any atom is 0.416 e. The molecule has 2 bridgehead atoms. The van der Waals surface area contributed by atoms with Gasteiger partial charge in [-0.05, 0) is 55.7 Å². The van der Waals surface area contributed by atoms with Crippen LogP contribution >= 0.6 is 0 Å². The lowest BCUT2D eigenvalue weighted by Crippen LogP contribution is -2.53. The monoisotopic (exact) mass is 344 g/mol. The van der Waals surface area contributed by atoms with Crippen LogP contribution in [0.5, 0.6) is 0 Å². The maximum absolute atomic E-state index is 13.5. The molecule has 132 valence electrons. The lowest BCUT2D eigenvalue weighted by atomic mass is 9.67. The number of rotatable bonds is 2. The number of fused-ring (bicyclic) bond motifs is 2. The van der Waals surface area contributed by atoms with Crippen molar-refractivity contribution in [1.29, 1.82) is 0 Å². The fraction of sp³-hybridized carbons (Fsp3) is 0.588.